The van der Waals surface area contributed by atoms with Gasteiger partial charge in [0, 0.05) is 6.04 Å². The van der Waals surface area contributed by atoms with Crippen LogP contribution >= 0.6 is 0 Å². The third-order valence-electron chi connectivity index (χ3n) is 2.33. The smallest absolute Gasteiger partial charge is 0.416 e. The first kappa shape index (κ1) is 14.4. The zero-order valence-corrected chi connectivity index (χ0v) is 9.42. The van der Waals surface area contributed by atoms with Crippen LogP contribution in [0.25, 0.3) is 0 Å². The number of benzene rings is 1. The number of ether oxygens (including phenoxy) is 1. The average molecular weight is 265 g/mol. The van der Waals surface area contributed by atoms with Crippen molar-refractivity contribution in [3.05, 3.63) is 35.1 Å². The normalized spacial score (nSPS) is 13.2. The molecule has 0 bridgehead atoms. The van der Waals surface area contributed by atoms with Crippen molar-refractivity contribution in [2.24, 2.45) is 5.73 Å². The van der Waals surface area contributed by atoms with E-state index in [0.717, 1.165) is 7.11 Å². The number of methoxy groups -OCH3 is 1. The van der Waals surface area contributed by atoms with Gasteiger partial charge in [-0.15, -0.1) is 0 Å². The fraction of sp³-hybridized carbons (Fsp3) is 0.364. The molecule has 0 unspecified atom stereocenters. The Bertz CT molecular complexity index is 445. The van der Waals surface area contributed by atoms with Crippen LogP contribution in [0.15, 0.2) is 18.2 Å². The highest BCUT2D eigenvalue weighted by atomic mass is 19.4. The minimum Gasteiger partial charge on any atom is -0.469 e. The fourth-order valence-corrected chi connectivity index (χ4v) is 1.47. The number of carbonyl (C=O) groups is 1. The van der Waals surface area contributed by atoms with E-state index in [2.05, 4.69) is 4.74 Å². The third kappa shape index (κ3) is 3.43. The Balaban J connectivity index is 3.13. The van der Waals surface area contributed by atoms with Gasteiger partial charge in [0.2, 0.25) is 0 Å². The Kier molecular flexibility index (Phi) is 4.28. The van der Waals surface area contributed by atoms with Crippen molar-refractivity contribution in [1.29, 1.82) is 0 Å². The molecule has 7 heteroatoms. The highest BCUT2D eigenvalue weighted by Gasteiger charge is 2.35. The second-order valence-electron chi connectivity index (χ2n) is 3.62. The van der Waals surface area contributed by atoms with Crippen LogP contribution in [0.2, 0.25) is 0 Å². The van der Waals surface area contributed by atoms with E-state index < -0.39 is 41.6 Å². The van der Waals surface area contributed by atoms with E-state index in [0.29, 0.717) is 18.2 Å². The van der Waals surface area contributed by atoms with Gasteiger partial charge in [-0.25, -0.2) is 4.39 Å². The molecule has 100 valence electrons. The average Bonchev–Trinajstić information content (AvgIpc) is 2.26. The van der Waals surface area contributed by atoms with E-state index >= 15 is 0 Å². The summed E-state index contributed by atoms with van der Waals surface area (Å²) in [4.78, 5) is 11.0. The van der Waals surface area contributed by atoms with Crippen molar-refractivity contribution in [3.63, 3.8) is 0 Å². The molecule has 18 heavy (non-hydrogen) atoms. The van der Waals surface area contributed by atoms with Crippen LogP contribution in [-0.2, 0) is 15.7 Å². The highest BCUT2D eigenvalue weighted by Crippen LogP contribution is 2.35. The summed E-state index contributed by atoms with van der Waals surface area (Å²) in [6.45, 7) is 0. The van der Waals surface area contributed by atoms with E-state index in [-0.39, 0.29) is 0 Å². The number of carbonyl (C=O) groups excluding carboxylic acids is 1. The second kappa shape index (κ2) is 5.34. The molecule has 0 amide bonds. The monoisotopic (exact) mass is 265 g/mol. The molecule has 2 N–H and O–H groups in total. The van der Waals surface area contributed by atoms with Crippen LogP contribution in [0.1, 0.15) is 23.6 Å². The Morgan fingerprint density at radius 1 is 1.44 bits per heavy atom. The summed E-state index contributed by atoms with van der Waals surface area (Å²) in [5.41, 5.74) is 3.95. The van der Waals surface area contributed by atoms with Gasteiger partial charge in [-0.3, -0.25) is 4.79 Å². The summed E-state index contributed by atoms with van der Waals surface area (Å²) in [5.74, 6) is -1.61. The van der Waals surface area contributed by atoms with Gasteiger partial charge in [-0.05, 0) is 23.8 Å². The van der Waals surface area contributed by atoms with Crippen LogP contribution in [0, 0.1) is 5.82 Å². The number of hydrogen-bond acceptors (Lipinski definition) is 3. The lowest BCUT2D eigenvalue weighted by atomic mass is 9.98. The van der Waals surface area contributed by atoms with Crippen molar-refractivity contribution in [1.82, 2.24) is 0 Å². The van der Waals surface area contributed by atoms with Crippen molar-refractivity contribution < 1.29 is 27.1 Å². The van der Waals surface area contributed by atoms with Gasteiger partial charge in [0.05, 0.1) is 19.1 Å². The summed E-state index contributed by atoms with van der Waals surface area (Å²) in [7, 11) is 1.09. The molecule has 0 aliphatic rings. The second-order valence-corrected chi connectivity index (χ2v) is 3.62. The van der Waals surface area contributed by atoms with E-state index in [1.165, 1.54) is 0 Å². The molecule has 0 aliphatic heterocycles. The molecule has 0 saturated heterocycles. The third-order valence-corrected chi connectivity index (χ3v) is 2.33. The Morgan fingerprint density at radius 3 is 2.56 bits per heavy atom. The van der Waals surface area contributed by atoms with Crippen LogP contribution < -0.4 is 5.73 Å². The Morgan fingerprint density at radius 2 is 2.06 bits per heavy atom. The molecule has 3 nitrogen and oxygen atoms in total. The lowest BCUT2D eigenvalue weighted by molar-refractivity contribution is -0.142. The van der Waals surface area contributed by atoms with Gasteiger partial charge in [0.1, 0.15) is 5.82 Å². The molecule has 1 aromatic carbocycles. The minimum absolute atomic E-state index is 0.455. The van der Waals surface area contributed by atoms with E-state index in [1.54, 1.807) is 0 Å². The zero-order valence-electron chi connectivity index (χ0n) is 9.42. The first-order valence-corrected chi connectivity index (χ1v) is 4.94. The molecule has 0 aliphatic carbocycles. The number of hydrogen-bond donors (Lipinski definition) is 1. The molecule has 1 atom stereocenters. The predicted octanol–water partition coefficient (Wildman–Crippen LogP) is 2.41. The van der Waals surface area contributed by atoms with Crippen molar-refractivity contribution in [2.45, 2.75) is 18.6 Å². The standard InChI is InChI=1S/C11H11F4NO2/c1-18-10(17)5-9(16)7-4-6(12)2-3-8(7)11(13,14)15/h2-4,9H,5,16H2,1H3/t9-/m0/s1. The summed E-state index contributed by atoms with van der Waals surface area (Å²) in [6.07, 6.45) is -5.11. The maximum atomic E-state index is 13.0. The van der Waals surface area contributed by atoms with Gasteiger partial charge in [0.25, 0.3) is 0 Å². The zero-order chi connectivity index (χ0) is 13.9. The lowest BCUT2D eigenvalue weighted by Crippen LogP contribution is -2.21. The molecule has 0 radical (unpaired) electrons. The quantitative estimate of drug-likeness (QED) is 0.674. The SMILES string of the molecule is COC(=O)C[C@H](N)c1cc(F)ccc1C(F)(F)F. The van der Waals surface area contributed by atoms with Crippen LogP contribution in [0.5, 0.6) is 0 Å². The first-order chi connectivity index (χ1) is 8.25. The van der Waals surface area contributed by atoms with Gasteiger partial charge in [-0.2, -0.15) is 13.2 Å². The van der Waals surface area contributed by atoms with Crippen LogP contribution in [0.4, 0.5) is 17.6 Å². The minimum atomic E-state index is -4.66. The van der Waals surface area contributed by atoms with Gasteiger partial charge < -0.3 is 10.5 Å². The topological polar surface area (TPSA) is 52.3 Å². The predicted molar refractivity (Wildman–Crippen MR) is 55.0 cm³/mol. The van der Waals surface area contributed by atoms with Crippen molar-refractivity contribution >= 4 is 5.97 Å². The van der Waals surface area contributed by atoms with E-state index in [9.17, 15) is 22.4 Å². The lowest BCUT2D eigenvalue weighted by Gasteiger charge is -2.17. The molecule has 0 fully saturated rings. The van der Waals surface area contributed by atoms with Gasteiger partial charge >= 0.3 is 12.1 Å². The highest BCUT2D eigenvalue weighted by molar-refractivity contribution is 5.70. The first-order valence-electron chi connectivity index (χ1n) is 4.94. The molecular formula is C11H11F4NO2. The van der Waals surface area contributed by atoms with Crippen LogP contribution in [-0.4, -0.2) is 13.1 Å². The molecule has 0 saturated carbocycles. The molecule has 0 spiro atoms. The van der Waals surface area contributed by atoms with Crippen molar-refractivity contribution in [2.75, 3.05) is 7.11 Å². The summed E-state index contributed by atoms with van der Waals surface area (Å²) >= 11 is 0. The molecule has 0 aromatic heterocycles. The number of halogens is 4. The number of rotatable bonds is 3. The number of nitrogens with two attached hydrogens (primary N) is 1. The fourth-order valence-electron chi connectivity index (χ4n) is 1.47. The van der Waals surface area contributed by atoms with Gasteiger partial charge in [-0.1, -0.05) is 0 Å². The maximum absolute atomic E-state index is 13.0. The number of alkyl halides is 3. The van der Waals surface area contributed by atoms with Crippen LogP contribution in [0.3, 0.4) is 0 Å². The number of esters is 1. The summed E-state index contributed by atoms with van der Waals surface area (Å²) < 4.78 is 55.3. The maximum Gasteiger partial charge on any atom is 0.416 e. The largest absolute Gasteiger partial charge is 0.469 e. The molecular weight excluding hydrogens is 254 g/mol. The van der Waals surface area contributed by atoms with E-state index in [1.807, 2.05) is 0 Å². The molecule has 0 heterocycles. The molecule has 1 rings (SSSR count). The summed E-state index contributed by atoms with van der Waals surface area (Å²) in [5, 5.41) is 0. The van der Waals surface area contributed by atoms with E-state index in [4.69, 9.17) is 5.73 Å². The molecule has 1 aromatic rings. The summed E-state index contributed by atoms with van der Waals surface area (Å²) in [6, 6.07) is 0.694. The van der Waals surface area contributed by atoms with Crippen molar-refractivity contribution in [3.8, 4) is 0 Å². The Labute approximate surface area is 101 Å². The van der Waals surface area contributed by atoms with Gasteiger partial charge in [0.15, 0.2) is 0 Å². The Hall–Kier alpha value is -1.63.